The number of carbonyl (C=O) groups is 1. The van der Waals surface area contributed by atoms with Crippen LogP contribution >= 0.6 is 11.8 Å². The Bertz CT molecular complexity index is 350. The summed E-state index contributed by atoms with van der Waals surface area (Å²) in [5.74, 6) is 3.24. The number of hydrogen-bond acceptors (Lipinski definition) is 3. The lowest BCUT2D eigenvalue weighted by Crippen LogP contribution is -2.24. The van der Waals surface area contributed by atoms with Crippen LogP contribution in [-0.2, 0) is 9.53 Å². The highest BCUT2D eigenvalue weighted by molar-refractivity contribution is 7.99. The Morgan fingerprint density at radius 2 is 1.91 bits per heavy atom. The fourth-order valence-electron chi connectivity index (χ4n) is 3.34. The van der Waals surface area contributed by atoms with Gasteiger partial charge in [-0.15, -0.1) is 0 Å². The highest BCUT2D eigenvalue weighted by Gasteiger charge is 2.28. The Hall–Kier alpha value is -0.480. The smallest absolute Gasteiger partial charge is 0.303 e. The molecule has 2 fully saturated rings. The quantitative estimate of drug-likeness (QED) is 0.500. The number of aliphatic carboxylic acids is 1. The van der Waals surface area contributed by atoms with Crippen LogP contribution in [0.4, 0.5) is 0 Å². The highest BCUT2D eigenvalue weighted by atomic mass is 32.2. The molecule has 0 radical (unpaired) electrons. The molecule has 0 aromatic rings. The van der Waals surface area contributed by atoms with Gasteiger partial charge in [0.15, 0.2) is 0 Å². The van der Waals surface area contributed by atoms with Crippen LogP contribution in [0, 0.1) is 11.8 Å². The van der Waals surface area contributed by atoms with Crippen LogP contribution in [0.15, 0.2) is 12.2 Å². The van der Waals surface area contributed by atoms with Crippen molar-refractivity contribution in [3.63, 3.8) is 0 Å². The minimum Gasteiger partial charge on any atom is -0.481 e. The summed E-state index contributed by atoms with van der Waals surface area (Å²) >= 11 is 2.06. The molecule has 4 heteroatoms. The zero-order valence-corrected chi connectivity index (χ0v) is 14.4. The van der Waals surface area contributed by atoms with Gasteiger partial charge in [0.25, 0.3) is 0 Å². The summed E-state index contributed by atoms with van der Waals surface area (Å²) in [6.07, 6.45) is 14.5. The van der Waals surface area contributed by atoms with Gasteiger partial charge in [-0.2, -0.15) is 11.8 Å². The second-order valence-corrected chi connectivity index (χ2v) is 7.72. The maximum atomic E-state index is 10.4. The Labute approximate surface area is 138 Å². The van der Waals surface area contributed by atoms with E-state index in [1.54, 1.807) is 0 Å². The first kappa shape index (κ1) is 17.9. The van der Waals surface area contributed by atoms with Crippen molar-refractivity contribution in [3.05, 3.63) is 12.2 Å². The summed E-state index contributed by atoms with van der Waals surface area (Å²) in [5.41, 5.74) is 0. The SMILES string of the molecule is O=C(O)CCCC=CC[C@H]1CSC[C@@H]1COC1CCCCC1. The van der Waals surface area contributed by atoms with Gasteiger partial charge in [-0.05, 0) is 55.4 Å². The fraction of sp³-hybridized carbons (Fsp3) is 0.833. The third-order valence-corrected chi connectivity index (χ3v) is 6.12. The van der Waals surface area contributed by atoms with E-state index in [1.165, 1.54) is 43.6 Å². The minimum absolute atomic E-state index is 0.279. The van der Waals surface area contributed by atoms with Crippen LogP contribution < -0.4 is 0 Å². The van der Waals surface area contributed by atoms with Gasteiger partial charge in [-0.1, -0.05) is 31.4 Å². The number of carboxylic acids is 1. The zero-order valence-electron chi connectivity index (χ0n) is 13.5. The predicted octanol–water partition coefficient (Wildman–Crippen LogP) is 4.52. The maximum Gasteiger partial charge on any atom is 0.303 e. The largest absolute Gasteiger partial charge is 0.481 e. The molecule has 2 atom stereocenters. The topological polar surface area (TPSA) is 46.5 Å². The average Bonchev–Trinajstić information content (AvgIpc) is 2.97. The van der Waals surface area contributed by atoms with Gasteiger partial charge in [-0.25, -0.2) is 0 Å². The molecule has 3 nitrogen and oxygen atoms in total. The molecule has 0 bridgehead atoms. The molecule has 1 saturated carbocycles. The molecule has 126 valence electrons. The molecule has 2 aliphatic rings. The third kappa shape index (κ3) is 6.74. The summed E-state index contributed by atoms with van der Waals surface area (Å²) in [7, 11) is 0. The molecule has 0 unspecified atom stereocenters. The van der Waals surface area contributed by atoms with Crippen LogP contribution in [0.1, 0.15) is 57.8 Å². The van der Waals surface area contributed by atoms with Crippen molar-refractivity contribution in [2.75, 3.05) is 18.1 Å². The molecular formula is C18H30O3S. The third-order valence-electron chi connectivity index (χ3n) is 4.80. The van der Waals surface area contributed by atoms with Gasteiger partial charge in [0, 0.05) is 6.42 Å². The normalized spacial score (nSPS) is 26.7. The number of rotatable bonds is 9. The van der Waals surface area contributed by atoms with Gasteiger partial charge in [-0.3, -0.25) is 4.79 Å². The number of ether oxygens (including phenoxy) is 1. The molecule has 2 rings (SSSR count). The molecule has 1 aliphatic carbocycles. The minimum atomic E-state index is -0.694. The van der Waals surface area contributed by atoms with E-state index in [4.69, 9.17) is 9.84 Å². The van der Waals surface area contributed by atoms with Gasteiger partial charge >= 0.3 is 5.97 Å². The lowest BCUT2D eigenvalue weighted by atomic mass is 9.92. The van der Waals surface area contributed by atoms with E-state index in [9.17, 15) is 4.79 Å². The molecule has 1 heterocycles. The van der Waals surface area contributed by atoms with Crippen molar-refractivity contribution in [2.24, 2.45) is 11.8 Å². The summed E-state index contributed by atoms with van der Waals surface area (Å²) < 4.78 is 6.17. The molecule has 0 aromatic carbocycles. The van der Waals surface area contributed by atoms with Crippen molar-refractivity contribution in [1.82, 2.24) is 0 Å². The molecule has 0 aromatic heterocycles. The molecule has 0 amide bonds. The van der Waals surface area contributed by atoms with Gasteiger partial charge in [0.2, 0.25) is 0 Å². The van der Waals surface area contributed by atoms with Gasteiger partial charge < -0.3 is 9.84 Å². The van der Waals surface area contributed by atoms with Crippen LogP contribution in [-0.4, -0.2) is 35.3 Å². The Morgan fingerprint density at radius 1 is 1.14 bits per heavy atom. The molecular weight excluding hydrogens is 296 g/mol. The Kier molecular flexibility index (Phi) is 8.38. The average molecular weight is 327 g/mol. The van der Waals surface area contributed by atoms with E-state index >= 15 is 0 Å². The van der Waals surface area contributed by atoms with Crippen LogP contribution in [0.3, 0.4) is 0 Å². The van der Waals surface area contributed by atoms with Gasteiger partial charge in [0.05, 0.1) is 12.7 Å². The second kappa shape index (κ2) is 10.3. The van der Waals surface area contributed by atoms with Gasteiger partial charge in [0.1, 0.15) is 0 Å². The molecule has 22 heavy (non-hydrogen) atoms. The van der Waals surface area contributed by atoms with E-state index in [0.29, 0.717) is 12.0 Å². The summed E-state index contributed by atoms with van der Waals surface area (Å²) in [5, 5.41) is 8.60. The van der Waals surface area contributed by atoms with Crippen molar-refractivity contribution in [2.45, 2.75) is 63.9 Å². The molecule has 1 aliphatic heterocycles. The summed E-state index contributed by atoms with van der Waals surface area (Å²) in [6, 6.07) is 0. The Morgan fingerprint density at radius 3 is 2.68 bits per heavy atom. The first-order chi connectivity index (χ1) is 10.8. The van der Waals surface area contributed by atoms with Crippen molar-refractivity contribution in [3.8, 4) is 0 Å². The van der Waals surface area contributed by atoms with Crippen LogP contribution in [0.5, 0.6) is 0 Å². The first-order valence-electron chi connectivity index (χ1n) is 8.82. The van der Waals surface area contributed by atoms with E-state index in [0.717, 1.165) is 31.8 Å². The first-order valence-corrected chi connectivity index (χ1v) is 9.97. The second-order valence-electron chi connectivity index (χ2n) is 6.64. The Balaban J connectivity index is 1.60. The maximum absolute atomic E-state index is 10.4. The number of carboxylic acid groups (broad SMARTS) is 1. The van der Waals surface area contributed by atoms with Crippen LogP contribution in [0.25, 0.3) is 0 Å². The highest BCUT2D eigenvalue weighted by Crippen LogP contribution is 2.33. The summed E-state index contributed by atoms with van der Waals surface area (Å²) in [4.78, 5) is 10.4. The molecule has 0 spiro atoms. The molecule has 1 saturated heterocycles. The fourth-order valence-corrected chi connectivity index (χ4v) is 4.86. The van der Waals surface area contributed by atoms with Crippen molar-refractivity contribution >= 4 is 17.7 Å². The number of hydrogen-bond donors (Lipinski definition) is 1. The predicted molar refractivity (Wildman–Crippen MR) is 92.4 cm³/mol. The number of allylic oxidation sites excluding steroid dienone is 2. The van der Waals surface area contributed by atoms with E-state index in [1.807, 2.05) is 0 Å². The number of thioether (sulfide) groups is 1. The van der Waals surface area contributed by atoms with Crippen LogP contribution in [0.2, 0.25) is 0 Å². The molecule has 1 N–H and O–H groups in total. The lowest BCUT2D eigenvalue weighted by Gasteiger charge is -2.25. The monoisotopic (exact) mass is 326 g/mol. The standard InChI is InChI=1S/C18H30O3S/c19-18(20)11-7-2-1-4-8-15-13-22-14-16(15)12-21-17-9-5-3-6-10-17/h1,4,15-17H,2-3,5-14H2,(H,19,20)/t15-,16-/m0/s1. The lowest BCUT2D eigenvalue weighted by molar-refractivity contribution is -0.137. The number of unbranched alkanes of at least 4 members (excludes halogenated alkanes) is 1. The summed E-state index contributed by atoms with van der Waals surface area (Å²) in [6.45, 7) is 0.940. The van der Waals surface area contributed by atoms with Crippen molar-refractivity contribution < 1.29 is 14.6 Å². The van der Waals surface area contributed by atoms with E-state index in [-0.39, 0.29) is 6.42 Å². The van der Waals surface area contributed by atoms with E-state index in [2.05, 4.69) is 23.9 Å². The van der Waals surface area contributed by atoms with E-state index < -0.39 is 5.97 Å². The van der Waals surface area contributed by atoms with Crippen molar-refractivity contribution in [1.29, 1.82) is 0 Å². The zero-order chi connectivity index (χ0) is 15.6.